The molecule has 0 amide bonds. The number of hydrogen-bond acceptors (Lipinski definition) is 7. The molecule has 0 N–H and O–H groups in total. The van der Waals surface area contributed by atoms with E-state index in [1.54, 1.807) is 7.05 Å². The highest BCUT2D eigenvalue weighted by atomic mass is 32.2. The first-order chi connectivity index (χ1) is 35.6. The maximum Gasteiger partial charge on any atom is 0.213 e. The van der Waals surface area contributed by atoms with Crippen molar-refractivity contribution in [2.75, 3.05) is 57.7 Å². The normalized spacial score (nSPS) is 15.1. The third-order valence-electron chi connectivity index (χ3n) is 15.0. The zero-order valence-corrected chi connectivity index (χ0v) is 62.2. The highest BCUT2D eigenvalue weighted by molar-refractivity contribution is 7.91. The molecule has 11 heteroatoms. The van der Waals surface area contributed by atoms with Crippen LogP contribution in [-0.2, 0) is 29.4 Å². The topological polar surface area (TPSA) is 101 Å². The maximum absolute atomic E-state index is 12.1. The SMILES string of the molecule is CC(C)(C)CCCCCCS(=O)(=O)CCC(C)(C)C.CC(C)(C)CCCC[Si](C)(C)CC(=O)CCC(C)(C)C.CN(CC(C)(C)C)C1(CCCCCCC(C)(C)C)COC1.CN(CC(C)(C)C)S(=O)(=O)CCCCCCC(C)(C)C. The minimum atomic E-state index is -3.08. The Labute approximate surface area is 505 Å². The predicted octanol–water partition coefficient (Wildman–Crippen LogP) is 20.6. The second-order valence-corrected chi connectivity index (χ2v) is 45.5. The number of ether oxygens (including phenoxy) is 1. The lowest BCUT2D eigenvalue weighted by molar-refractivity contribution is -0.143. The summed E-state index contributed by atoms with van der Waals surface area (Å²) < 4.78 is 55.1. The number of sulfone groups is 1. The molecule has 1 aliphatic heterocycles. The Bertz CT molecular complexity index is 1820. The second kappa shape index (κ2) is 37.4. The standard InChI is InChI=1S/C19H39NO.C18H38OSi.C16H35NO2S.C16H34O2S/c1-17(2,3)12-10-8-9-11-13-19(15-21-16-19)20(7)14-18(4,5)6;1-17(2,3)12-9-10-14-20(7,8)15-16(19)11-13-18(4,5)6;1-15(2,3)12-10-8-9-11-13-20(18,19)17(7)14-16(4,5)6;1-15(2,3)11-9-7-8-10-13-19(17,18)14-12-16(4,5)6/h8-16H2,1-7H3;9-15H2,1-8H3;8-14H2,1-7H3;7-14H2,1-6H3. The molecule has 0 spiro atoms. The van der Waals surface area contributed by atoms with E-state index in [0.29, 0.717) is 56.4 Å². The number of hydrogen-bond donors (Lipinski definition) is 0. The third-order valence-corrected chi connectivity index (χ3v) is 21.7. The number of carbonyl (C=O) groups excluding carboxylic acids is 1. The number of carbonyl (C=O) groups is 1. The van der Waals surface area contributed by atoms with Gasteiger partial charge in [0.1, 0.15) is 15.6 Å². The summed E-state index contributed by atoms with van der Waals surface area (Å²) in [6.45, 7) is 61.9. The van der Waals surface area contributed by atoms with Gasteiger partial charge in [-0.05, 0) is 108 Å². The summed E-state index contributed by atoms with van der Waals surface area (Å²) >= 11 is 0. The summed E-state index contributed by atoms with van der Waals surface area (Å²) in [5.41, 5.74) is 2.84. The third kappa shape index (κ3) is 56.8. The van der Waals surface area contributed by atoms with E-state index in [1.807, 2.05) is 0 Å². The monoisotopic (exact) mass is 1190 g/mol. The van der Waals surface area contributed by atoms with Gasteiger partial charge in [0.2, 0.25) is 10.0 Å². The van der Waals surface area contributed by atoms with Gasteiger partial charge in [0.05, 0.1) is 44.1 Å². The average molecular weight is 1190 g/mol. The lowest BCUT2D eigenvalue weighted by atomic mass is 9.85. The van der Waals surface area contributed by atoms with E-state index in [4.69, 9.17) is 4.74 Å². The molecule has 1 saturated heterocycles. The molecule has 0 bridgehead atoms. The minimum absolute atomic E-state index is 0.00846. The molecule has 1 rings (SSSR count). The van der Waals surface area contributed by atoms with Crippen molar-refractivity contribution < 1.29 is 26.4 Å². The molecule has 0 radical (unpaired) electrons. The number of unbranched alkanes of at least 4 members (excludes halogenated alkanes) is 10. The van der Waals surface area contributed by atoms with Crippen LogP contribution in [-0.4, -0.2) is 103 Å². The molecule has 484 valence electrons. The van der Waals surface area contributed by atoms with Crippen LogP contribution >= 0.6 is 0 Å². The van der Waals surface area contributed by atoms with Crippen molar-refractivity contribution in [3.63, 3.8) is 0 Å². The highest BCUT2D eigenvalue weighted by Crippen LogP contribution is 2.34. The van der Waals surface area contributed by atoms with Crippen LogP contribution in [0.2, 0.25) is 25.2 Å². The number of Topliss-reactive ketones (excluding diaryl/α,β-unsaturated/α-hetero) is 1. The summed E-state index contributed by atoms with van der Waals surface area (Å²) in [4.78, 5) is 14.7. The maximum atomic E-state index is 12.1. The Balaban J connectivity index is -0.000000989. The van der Waals surface area contributed by atoms with Crippen molar-refractivity contribution >= 4 is 33.7 Å². The van der Waals surface area contributed by atoms with Gasteiger partial charge in [-0.15, -0.1) is 0 Å². The van der Waals surface area contributed by atoms with Crippen molar-refractivity contribution in [3.8, 4) is 0 Å². The van der Waals surface area contributed by atoms with E-state index in [1.165, 1.54) is 93.8 Å². The van der Waals surface area contributed by atoms with Crippen LogP contribution in [0.25, 0.3) is 0 Å². The predicted molar refractivity (Wildman–Crippen MR) is 361 cm³/mol. The van der Waals surface area contributed by atoms with E-state index >= 15 is 0 Å². The number of nitrogens with zero attached hydrogens (tertiary/aromatic N) is 2. The zero-order valence-electron chi connectivity index (χ0n) is 59.6. The zero-order chi connectivity index (χ0) is 63.4. The molecule has 0 unspecified atom stereocenters. The van der Waals surface area contributed by atoms with Gasteiger partial charge in [0.25, 0.3) is 0 Å². The highest BCUT2D eigenvalue weighted by Gasteiger charge is 2.42. The van der Waals surface area contributed by atoms with Gasteiger partial charge in [-0.2, -0.15) is 0 Å². The molecule has 0 aliphatic carbocycles. The molecule has 0 aromatic carbocycles. The molecule has 1 fully saturated rings. The van der Waals surface area contributed by atoms with Gasteiger partial charge >= 0.3 is 0 Å². The first-order valence-corrected chi connectivity index (χ1v) is 39.4. The van der Waals surface area contributed by atoms with Crippen LogP contribution < -0.4 is 0 Å². The quantitative estimate of drug-likeness (QED) is 0.0488. The van der Waals surface area contributed by atoms with E-state index in [9.17, 15) is 21.6 Å². The molecule has 80 heavy (non-hydrogen) atoms. The van der Waals surface area contributed by atoms with Gasteiger partial charge in [-0.1, -0.05) is 262 Å². The largest absolute Gasteiger partial charge is 0.377 e. The molecule has 1 aliphatic rings. The van der Waals surface area contributed by atoms with Crippen LogP contribution in [0, 0.1) is 43.3 Å². The molecule has 0 atom stereocenters. The summed E-state index contributed by atoms with van der Waals surface area (Å²) in [6.07, 6.45) is 25.4. The number of sulfonamides is 1. The van der Waals surface area contributed by atoms with Crippen molar-refractivity contribution in [2.45, 2.75) is 338 Å². The van der Waals surface area contributed by atoms with E-state index < -0.39 is 27.9 Å². The molecular formula is C69H146N2O6S2Si. The van der Waals surface area contributed by atoms with Crippen LogP contribution in [0.15, 0.2) is 0 Å². The molecule has 8 nitrogen and oxygen atoms in total. The van der Waals surface area contributed by atoms with E-state index in [-0.39, 0.29) is 22.0 Å². The van der Waals surface area contributed by atoms with Crippen molar-refractivity contribution in [1.82, 2.24) is 9.21 Å². The molecule has 1 heterocycles. The van der Waals surface area contributed by atoms with Gasteiger partial charge in [0.15, 0.2) is 0 Å². The van der Waals surface area contributed by atoms with E-state index in [2.05, 4.69) is 191 Å². The van der Waals surface area contributed by atoms with Gasteiger partial charge < -0.3 is 9.53 Å². The van der Waals surface area contributed by atoms with Crippen LogP contribution in [0.1, 0.15) is 307 Å². The van der Waals surface area contributed by atoms with E-state index in [0.717, 1.165) is 83.6 Å². The van der Waals surface area contributed by atoms with Crippen molar-refractivity contribution in [2.24, 2.45) is 43.3 Å². The Kier molecular flexibility index (Phi) is 39.2. The number of likely N-dealkylation sites (N-methyl/N-ethyl adjacent to an activating group) is 1. The summed E-state index contributed by atoms with van der Waals surface area (Å²) in [5, 5.41) is 0. The smallest absolute Gasteiger partial charge is 0.213 e. The fraction of sp³-hybridized carbons (Fsp3) is 0.986. The lowest BCUT2D eigenvalue weighted by Gasteiger charge is -2.50. The number of ketones is 1. The Morgan fingerprint density at radius 2 is 0.775 bits per heavy atom. The fourth-order valence-electron chi connectivity index (χ4n) is 9.83. The van der Waals surface area contributed by atoms with Gasteiger partial charge in [-0.3, -0.25) is 4.90 Å². The molecule has 0 aromatic rings. The fourth-order valence-corrected chi connectivity index (χ4v) is 15.7. The van der Waals surface area contributed by atoms with Crippen LogP contribution in [0.4, 0.5) is 0 Å². The first kappa shape index (κ1) is 83.9. The van der Waals surface area contributed by atoms with Crippen molar-refractivity contribution in [3.05, 3.63) is 0 Å². The summed E-state index contributed by atoms with van der Waals surface area (Å²) in [6, 6.07) is 2.20. The average Bonchev–Trinajstić information content (AvgIpc) is 3.20. The second-order valence-electron chi connectivity index (χ2n) is 35.9. The van der Waals surface area contributed by atoms with Crippen molar-refractivity contribution in [1.29, 1.82) is 0 Å². The molecular weight excluding hydrogens is 1040 g/mol. The first-order valence-electron chi connectivity index (χ1n) is 32.6. The van der Waals surface area contributed by atoms with Gasteiger partial charge in [-0.25, -0.2) is 21.1 Å². The summed E-state index contributed by atoms with van der Waals surface area (Å²) in [5.74, 6) is 1.51. The number of rotatable bonds is 32. The Morgan fingerprint density at radius 3 is 1.12 bits per heavy atom. The summed E-state index contributed by atoms with van der Waals surface area (Å²) in [7, 11) is -3.23. The Morgan fingerprint density at radius 1 is 0.425 bits per heavy atom. The van der Waals surface area contributed by atoms with Gasteiger partial charge in [0, 0.05) is 32.6 Å². The minimum Gasteiger partial charge on any atom is -0.377 e. The Hall–Kier alpha value is -0.333. The van der Waals surface area contributed by atoms with Crippen LogP contribution in [0.5, 0.6) is 0 Å². The van der Waals surface area contributed by atoms with Crippen LogP contribution in [0.3, 0.4) is 0 Å². The lowest BCUT2D eigenvalue weighted by Crippen LogP contribution is -2.62. The molecule has 0 saturated carbocycles. The molecule has 0 aromatic heterocycles.